The van der Waals surface area contributed by atoms with E-state index in [0.29, 0.717) is 23.0 Å². The standard InChI is InChI=1S/C14H16ClNO3/c1-9-2-5-11(12(15)6-9)14(19)16(8-13(17)18)7-10-3-4-10/h2,5-6,10H,3-4,7-8H2,1H3,(H,17,18). The van der Waals surface area contributed by atoms with Crippen molar-refractivity contribution < 1.29 is 14.7 Å². The van der Waals surface area contributed by atoms with Crippen molar-refractivity contribution in [3.63, 3.8) is 0 Å². The average Bonchev–Trinajstić information content (AvgIpc) is 3.10. The lowest BCUT2D eigenvalue weighted by atomic mass is 10.1. The van der Waals surface area contributed by atoms with E-state index in [2.05, 4.69) is 0 Å². The molecular weight excluding hydrogens is 266 g/mol. The molecule has 1 amide bonds. The summed E-state index contributed by atoms with van der Waals surface area (Å²) in [6, 6.07) is 5.17. The van der Waals surface area contributed by atoms with E-state index in [9.17, 15) is 9.59 Å². The van der Waals surface area contributed by atoms with Crippen LogP contribution in [0.1, 0.15) is 28.8 Å². The molecule has 102 valence electrons. The number of rotatable bonds is 5. The third-order valence-electron chi connectivity index (χ3n) is 3.14. The van der Waals surface area contributed by atoms with Gasteiger partial charge in [-0.2, -0.15) is 0 Å². The van der Waals surface area contributed by atoms with Crippen LogP contribution < -0.4 is 0 Å². The molecule has 1 fully saturated rings. The van der Waals surface area contributed by atoms with Crippen LogP contribution in [0.15, 0.2) is 18.2 Å². The summed E-state index contributed by atoms with van der Waals surface area (Å²) < 4.78 is 0. The van der Waals surface area contributed by atoms with E-state index >= 15 is 0 Å². The second-order valence-electron chi connectivity index (χ2n) is 5.01. The van der Waals surface area contributed by atoms with Gasteiger partial charge >= 0.3 is 5.97 Å². The molecule has 0 aliphatic heterocycles. The van der Waals surface area contributed by atoms with E-state index in [0.717, 1.165) is 18.4 Å². The van der Waals surface area contributed by atoms with Gasteiger partial charge in [0.1, 0.15) is 6.54 Å². The Hall–Kier alpha value is -1.55. The van der Waals surface area contributed by atoms with E-state index in [1.54, 1.807) is 18.2 Å². The van der Waals surface area contributed by atoms with Crippen molar-refractivity contribution in [2.45, 2.75) is 19.8 Å². The molecule has 0 radical (unpaired) electrons. The molecule has 1 aliphatic carbocycles. The SMILES string of the molecule is Cc1ccc(C(=O)N(CC(=O)O)CC2CC2)c(Cl)c1. The Morgan fingerprint density at radius 2 is 2.11 bits per heavy atom. The number of carboxylic acid groups (broad SMARTS) is 1. The zero-order valence-corrected chi connectivity index (χ0v) is 11.5. The highest BCUT2D eigenvalue weighted by Crippen LogP contribution is 2.30. The van der Waals surface area contributed by atoms with Crippen LogP contribution >= 0.6 is 11.6 Å². The van der Waals surface area contributed by atoms with Crippen molar-refractivity contribution in [2.24, 2.45) is 5.92 Å². The van der Waals surface area contributed by atoms with Crippen LogP contribution in [-0.2, 0) is 4.79 Å². The lowest BCUT2D eigenvalue weighted by Crippen LogP contribution is -2.37. The summed E-state index contributed by atoms with van der Waals surface area (Å²) in [5.41, 5.74) is 1.34. The van der Waals surface area contributed by atoms with Crippen molar-refractivity contribution >= 4 is 23.5 Å². The minimum absolute atomic E-state index is 0.278. The Kier molecular flexibility index (Phi) is 4.10. The molecule has 1 saturated carbocycles. The number of carbonyl (C=O) groups is 2. The van der Waals surface area contributed by atoms with Gasteiger partial charge in [-0.05, 0) is 43.4 Å². The van der Waals surface area contributed by atoms with E-state index in [1.807, 2.05) is 6.92 Å². The van der Waals surface area contributed by atoms with Crippen LogP contribution in [-0.4, -0.2) is 35.0 Å². The fourth-order valence-electron chi connectivity index (χ4n) is 1.96. The molecule has 4 nitrogen and oxygen atoms in total. The van der Waals surface area contributed by atoms with E-state index < -0.39 is 5.97 Å². The Morgan fingerprint density at radius 1 is 1.42 bits per heavy atom. The average molecular weight is 282 g/mol. The number of hydrogen-bond donors (Lipinski definition) is 1. The van der Waals surface area contributed by atoms with Crippen molar-refractivity contribution in [3.8, 4) is 0 Å². The number of carbonyl (C=O) groups excluding carboxylic acids is 1. The van der Waals surface area contributed by atoms with Crippen molar-refractivity contribution in [1.82, 2.24) is 4.90 Å². The van der Waals surface area contributed by atoms with Gasteiger partial charge in [-0.1, -0.05) is 17.7 Å². The van der Waals surface area contributed by atoms with Gasteiger partial charge in [-0.15, -0.1) is 0 Å². The predicted molar refractivity (Wildman–Crippen MR) is 72.5 cm³/mol. The lowest BCUT2D eigenvalue weighted by molar-refractivity contribution is -0.137. The molecule has 0 saturated heterocycles. The first-order valence-corrected chi connectivity index (χ1v) is 6.62. The van der Waals surface area contributed by atoms with E-state index in [1.165, 1.54) is 4.90 Å². The van der Waals surface area contributed by atoms with Crippen molar-refractivity contribution in [2.75, 3.05) is 13.1 Å². The monoisotopic (exact) mass is 281 g/mol. The van der Waals surface area contributed by atoms with Gasteiger partial charge in [0.05, 0.1) is 10.6 Å². The maximum atomic E-state index is 12.4. The smallest absolute Gasteiger partial charge is 0.323 e. The maximum absolute atomic E-state index is 12.4. The Morgan fingerprint density at radius 3 is 2.63 bits per heavy atom. The van der Waals surface area contributed by atoms with Crippen LogP contribution in [0.2, 0.25) is 5.02 Å². The molecule has 1 N–H and O–H groups in total. The van der Waals surface area contributed by atoms with Crippen molar-refractivity contribution in [1.29, 1.82) is 0 Å². The summed E-state index contributed by atoms with van der Waals surface area (Å²) in [6.07, 6.45) is 2.12. The Balaban J connectivity index is 2.19. The molecule has 0 atom stereocenters. The second kappa shape index (κ2) is 5.61. The fourth-order valence-corrected chi connectivity index (χ4v) is 2.27. The largest absolute Gasteiger partial charge is 0.480 e. The quantitative estimate of drug-likeness (QED) is 0.902. The van der Waals surface area contributed by atoms with Gasteiger partial charge in [0.15, 0.2) is 0 Å². The topological polar surface area (TPSA) is 57.6 Å². The van der Waals surface area contributed by atoms with E-state index in [-0.39, 0.29) is 12.5 Å². The lowest BCUT2D eigenvalue weighted by Gasteiger charge is -2.21. The Bertz CT molecular complexity index is 511. The number of amides is 1. The molecule has 1 aliphatic rings. The van der Waals surface area contributed by atoms with Gasteiger partial charge in [0.25, 0.3) is 5.91 Å². The summed E-state index contributed by atoms with van der Waals surface area (Å²) in [5, 5.41) is 9.27. The first-order valence-electron chi connectivity index (χ1n) is 6.24. The molecule has 1 aromatic rings. The van der Waals surface area contributed by atoms with Crippen LogP contribution in [0.4, 0.5) is 0 Å². The van der Waals surface area contributed by atoms with E-state index in [4.69, 9.17) is 16.7 Å². The van der Waals surface area contributed by atoms with Crippen LogP contribution in [0.5, 0.6) is 0 Å². The van der Waals surface area contributed by atoms with Gasteiger partial charge in [-0.25, -0.2) is 0 Å². The number of hydrogen-bond acceptors (Lipinski definition) is 2. The highest BCUT2D eigenvalue weighted by atomic mass is 35.5. The first kappa shape index (κ1) is 13.9. The van der Waals surface area contributed by atoms with Crippen LogP contribution in [0.25, 0.3) is 0 Å². The number of carboxylic acids is 1. The highest BCUT2D eigenvalue weighted by molar-refractivity contribution is 6.33. The molecular formula is C14H16ClNO3. The summed E-state index contributed by atoms with van der Waals surface area (Å²) >= 11 is 6.06. The molecule has 2 rings (SSSR count). The minimum atomic E-state index is -1.00. The zero-order valence-electron chi connectivity index (χ0n) is 10.7. The third-order valence-corrected chi connectivity index (χ3v) is 3.46. The number of aryl methyl sites for hydroxylation is 1. The number of aliphatic carboxylic acids is 1. The second-order valence-corrected chi connectivity index (χ2v) is 5.41. The van der Waals surface area contributed by atoms with Gasteiger partial charge in [0, 0.05) is 6.54 Å². The van der Waals surface area contributed by atoms with Gasteiger partial charge < -0.3 is 10.0 Å². The van der Waals surface area contributed by atoms with Crippen molar-refractivity contribution in [3.05, 3.63) is 34.3 Å². The molecule has 1 aromatic carbocycles. The number of benzene rings is 1. The highest BCUT2D eigenvalue weighted by Gasteiger charge is 2.29. The molecule has 0 bridgehead atoms. The summed E-state index contributed by atoms with van der Waals surface area (Å²) in [6.45, 7) is 2.11. The molecule has 19 heavy (non-hydrogen) atoms. The predicted octanol–water partition coefficient (Wildman–Crippen LogP) is 2.59. The molecule has 0 unspecified atom stereocenters. The molecule has 5 heteroatoms. The third kappa shape index (κ3) is 3.70. The van der Waals surface area contributed by atoms with Gasteiger partial charge in [0.2, 0.25) is 0 Å². The summed E-state index contributed by atoms with van der Waals surface area (Å²) in [4.78, 5) is 24.6. The normalized spacial score (nSPS) is 14.2. The number of nitrogens with zero attached hydrogens (tertiary/aromatic N) is 1. The fraction of sp³-hybridized carbons (Fsp3) is 0.429. The van der Waals surface area contributed by atoms with Gasteiger partial charge in [-0.3, -0.25) is 9.59 Å². The van der Waals surface area contributed by atoms with Crippen LogP contribution in [0.3, 0.4) is 0 Å². The molecule has 0 heterocycles. The zero-order chi connectivity index (χ0) is 14.0. The van der Waals surface area contributed by atoms with Crippen LogP contribution in [0, 0.1) is 12.8 Å². The Labute approximate surface area is 117 Å². The maximum Gasteiger partial charge on any atom is 0.323 e. The first-order chi connectivity index (χ1) is 8.97. The number of halogens is 1. The summed E-state index contributed by atoms with van der Waals surface area (Å²) in [7, 11) is 0. The molecule has 0 aromatic heterocycles. The molecule has 0 spiro atoms. The minimum Gasteiger partial charge on any atom is -0.480 e. The summed E-state index contributed by atoms with van der Waals surface area (Å²) in [5.74, 6) is -0.871.